The van der Waals surface area contributed by atoms with Gasteiger partial charge in [-0.2, -0.15) is 5.10 Å². The van der Waals surface area contributed by atoms with E-state index in [-0.39, 0.29) is 5.04 Å². The summed E-state index contributed by atoms with van der Waals surface area (Å²) in [5.74, 6) is -2.50. The Morgan fingerprint density at radius 2 is 1.95 bits per heavy atom. The Hall–Kier alpha value is -1.02. The smallest absolute Gasteiger partial charge is 0.346 e. The van der Waals surface area contributed by atoms with Crippen molar-refractivity contribution >= 4 is 8.32 Å². The average Bonchev–Trinajstić information content (AvgIpc) is 2.91. The van der Waals surface area contributed by atoms with Crippen LogP contribution in [-0.4, -0.2) is 35.2 Å². The lowest BCUT2D eigenvalue weighted by molar-refractivity contribution is -0.0617. The molecule has 22 heavy (non-hydrogen) atoms. The molecule has 0 spiro atoms. The Bertz CT molecular complexity index is 602. The van der Waals surface area contributed by atoms with E-state index in [4.69, 9.17) is 4.43 Å². The second kappa shape index (κ2) is 5.56. The lowest BCUT2D eigenvalue weighted by atomic mass is 10.2. The molecule has 8 heteroatoms. The summed E-state index contributed by atoms with van der Waals surface area (Å²) in [5, 5.41) is 3.88. The lowest BCUT2D eigenvalue weighted by Gasteiger charge is -2.37. The zero-order valence-electron chi connectivity index (χ0n) is 13.9. The van der Waals surface area contributed by atoms with Gasteiger partial charge in [0.2, 0.25) is 0 Å². The van der Waals surface area contributed by atoms with Crippen molar-refractivity contribution in [1.82, 2.24) is 14.3 Å². The first kappa shape index (κ1) is 17.3. The number of fused-ring (bicyclic) bond motifs is 1. The fourth-order valence-electron chi connectivity index (χ4n) is 2.16. The van der Waals surface area contributed by atoms with Crippen molar-refractivity contribution in [3.63, 3.8) is 0 Å². The van der Waals surface area contributed by atoms with Gasteiger partial charge in [0, 0.05) is 13.0 Å². The molecule has 2 heterocycles. The van der Waals surface area contributed by atoms with Crippen LogP contribution in [0.5, 0.6) is 0 Å². The summed E-state index contributed by atoms with van der Waals surface area (Å²) in [5.41, 5.74) is -0.445. The minimum Gasteiger partial charge on any atom is -0.411 e. The van der Waals surface area contributed by atoms with Crippen LogP contribution >= 0.6 is 0 Å². The highest BCUT2D eigenvalue weighted by Gasteiger charge is 2.41. The summed E-state index contributed by atoms with van der Waals surface area (Å²) in [6.07, 6.45) is 1.53. The van der Waals surface area contributed by atoms with E-state index < -0.39 is 33.1 Å². The number of hydrogen-bond acceptors (Lipinski definition) is 3. The van der Waals surface area contributed by atoms with E-state index in [0.717, 1.165) is 11.1 Å². The van der Waals surface area contributed by atoms with Gasteiger partial charge in [0.05, 0.1) is 6.61 Å². The zero-order chi connectivity index (χ0) is 16.8. The van der Waals surface area contributed by atoms with Crippen molar-refractivity contribution in [2.45, 2.75) is 70.8 Å². The van der Waals surface area contributed by atoms with E-state index in [0.29, 0.717) is 18.8 Å². The fraction of sp³-hybridized carbons (Fsp3) is 0.857. The van der Waals surface area contributed by atoms with Crippen LogP contribution in [0.2, 0.25) is 18.1 Å². The summed E-state index contributed by atoms with van der Waals surface area (Å²) in [4.78, 5) is 12.0. The fourth-order valence-corrected chi connectivity index (χ4v) is 3.17. The third-order valence-electron chi connectivity index (χ3n) is 4.61. The first-order valence-electron chi connectivity index (χ1n) is 7.61. The normalized spacial score (nSPS) is 16.1. The third kappa shape index (κ3) is 3.48. The first-order valence-corrected chi connectivity index (χ1v) is 10.5. The number of rotatable bonds is 5. The number of alkyl halides is 2. The summed E-state index contributed by atoms with van der Waals surface area (Å²) in [7, 11) is -2.24. The van der Waals surface area contributed by atoms with Crippen molar-refractivity contribution in [1.29, 1.82) is 0 Å². The highest BCUT2D eigenvalue weighted by Crippen LogP contribution is 2.37. The Balaban J connectivity index is 2.04. The molecule has 5 nitrogen and oxygen atoms in total. The van der Waals surface area contributed by atoms with Crippen LogP contribution in [0.15, 0.2) is 4.79 Å². The maximum absolute atomic E-state index is 14.2. The Morgan fingerprint density at radius 3 is 2.50 bits per heavy atom. The molecule has 2 rings (SSSR count). The van der Waals surface area contributed by atoms with Crippen LogP contribution in [0.25, 0.3) is 0 Å². The van der Waals surface area contributed by atoms with E-state index in [9.17, 15) is 13.6 Å². The van der Waals surface area contributed by atoms with Crippen LogP contribution in [-0.2, 0) is 23.9 Å². The van der Waals surface area contributed by atoms with E-state index in [2.05, 4.69) is 5.10 Å². The average molecular weight is 333 g/mol. The van der Waals surface area contributed by atoms with Gasteiger partial charge in [-0.1, -0.05) is 20.8 Å². The molecule has 0 unspecified atom stereocenters. The van der Waals surface area contributed by atoms with Gasteiger partial charge in [-0.05, 0) is 24.6 Å². The molecule has 1 aromatic heterocycles. The van der Waals surface area contributed by atoms with Gasteiger partial charge in [0.1, 0.15) is 12.4 Å². The maximum atomic E-state index is 14.2. The minimum absolute atomic E-state index is 0.129. The summed E-state index contributed by atoms with van der Waals surface area (Å²) in [6, 6.07) is 0. The second-order valence-electron chi connectivity index (χ2n) is 7.52. The SMILES string of the molecule is CC(C)(C)[Si](C)(C)OCC(F)(F)Cn1nc2n(c1=O)CCC2. The molecule has 0 aliphatic carbocycles. The lowest BCUT2D eigenvalue weighted by Crippen LogP contribution is -2.45. The number of halogens is 2. The number of aromatic nitrogens is 3. The Kier molecular flexibility index (Phi) is 4.38. The minimum atomic E-state index is -3.10. The topological polar surface area (TPSA) is 49.0 Å². The van der Waals surface area contributed by atoms with Gasteiger partial charge in [-0.15, -0.1) is 0 Å². The van der Waals surface area contributed by atoms with Crippen LogP contribution in [0, 0.1) is 0 Å². The maximum Gasteiger partial charge on any atom is 0.346 e. The van der Waals surface area contributed by atoms with E-state index in [1.807, 2.05) is 33.9 Å². The molecule has 0 saturated carbocycles. The highest BCUT2D eigenvalue weighted by molar-refractivity contribution is 6.74. The summed E-state index contributed by atoms with van der Waals surface area (Å²) in [6.45, 7) is 9.05. The van der Waals surface area contributed by atoms with E-state index in [1.54, 1.807) is 0 Å². The van der Waals surface area contributed by atoms with Crippen molar-refractivity contribution < 1.29 is 13.2 Å². The van der Waals surface area contributed by atoms with Crippen molar-refractivity contribution in [2.75, 3.05) is 6.61 Å². The van der Waals surface area contributed by atoms with Gasteiger partial charge in [-0.25, -0.2) is 18.3 Å². The molecule has 0 bridgehead atoms. The summed E-state index contributed by atoms with van der Waals surface area (Å²) < 4.78 is 36.3. The predicted molar refractivity (Wildman–Crippen MR) is 82.9 cm³/mol. The van der Waals surface area contributed by atoms with Gasteiger partial charge < -0.3 is 4.43 Å². The molecule has 1 aromatic rings. The molecular weight excluding hydrogens is 308 g/mol. The largest absolute Gasteiger partial charge is 0.411 e. The summed E-state index contributed by atoms with van der Waals surface area (Å²) >= 11 is 0. The van der Waals surface area contributed by atoms with Crippen LogP contribution in [0.4, 0.5) is 8.78 Å². The van der Waals surface area contributed by atoms with Crippen LogP contribution < -0.4 is 5.69 Å². The predicted octanol–water partition coefficient (Wildman–Crippen LogP) is 2.65. The zero-order valence-corrected chi connectivity index (χ0v) is 14.9. The van der Waals surface area contributed by atoms with Crippen LogP contribution in [0.1, 0.15) is 33.0 Å². The quantitative estimate of drug-likeness (QED) is 0.778. The van der Waals surface area contributed by atoms with E-state index in [1.165, 1.54) is 4.57 Å². The monoisotopic (exact) mass is 333 g/mol. The van der Waals surface area contributed by atoms with Gasteiger partial charge in [0.15, 0.2) is 8.32 Å². The molecule has 0 N–H and O–H groups in total. The van der Waals surface area contributed by atoms with Gasteiger partial charge in [0.25, 0.3) is 5.92 Å². The van der Waals surface area contributed by atoms with Crippen LogP contribution in [0.3, 0.4) is 0 Å². The first-order chi connectivity index (χ1) is 9.93. The van der Waals surface area contributed by atoms with Crippen molar-refractivity contribution in [3.8, 4) is 0 Å². The molecular formula is C14H25F2N3O2Si. The molecule has 126 valence electrons. The standard InChI is InChI=1S/C14H25F2N3O2Si/c1-13(2,3)22(4,5)21-10-14(15,16)9-19-12(20)18-8-6-7-11(18)17-19/h6-10H2,1-5H3. The number of aryl methyl sites for hydroxylation is 1. The molecule has 0 atom stereocenters. The number of nitrogens with zero attached hydrogens (tertiary/aromatic N) is 3. The third-order valence-corrected chi connectivity index (χ3v) is 9.09. The number of hydrogen-bond donors (Lipinski definition) is 0. The molecule has 0 aromatic carbocycles. The highest BCUT2D eigenvalue weighted by atomic mass is 28.4. The molecule has 0 amide bonds. The molecule has 1 aliphatic rings. The second-order valence-corrected chi connectivity index (χ2v) is 12.3. The molecule has 0 fully saturated rings. The molecule has 1 aliphatic heterocycles. The van der Waals surface area contributed by atoms with Gasteiger partial charge in [-0.3, -0.25) is 4.57 Å². The van der Waals surface area contributed by atoms with E-state index >= 15 is 0 Å². The Labute approximate surface area is 130 Å². The molecule has 0 radical (unpaired) electrons. The van der Waals surface area contributed by atoms with Crippen molar-refractivity contribution in [2.24, 2.45) is 0 Å². The van der Waals surface area contributed by atoms with Gasteiger partial charge >= 0.3 is 5.69 Å². The van der Waals surface area contributed by atoms with Crippen molar-refractivity contribution in [3.05, 3.63) is 16.3 Å². The Morgan fingerprint density at radius 1 is 1.32 bits per heavy atom. The molecule has 0 saturated heterocycles.